The third-order valence-electron chi connectivity index (χ3n) is 10.1. The average Bonchev–Trinajstić information content (AvgIpc) is 3.14. The molecule has 0 saturated heterocycles. The monoisotopic (exact) mass is 707 g/mol. The van der Waals surface area contributed by atoms with Gasteiger partial charge in [0.2, 0.25) is 5.79 Å². The number of benzene rings is 2. The van der Waals surface area contributed by atoms with Gasteiger partial charge in [0.15, 0.2) is 0 Å². The molecule has 2 aromatic rings. The number of fused-ring (bicyclic) bond motifs is 2. The molecule has 1 aliphatic heterocycles. The zero-order valence-electron chi connectivity index (χ0n) is 29.6. The number of amides is 1. The van der Waals surface area contributed by atoms with Gasteiger partial charge >= 0.3 is 6.09 Å². The Hall–Kier alpha value is -4.46. The van der Waals surface area contributed by atoms with Crippen molar-refractivity contribution in [2.45, 2.75) is 69.6 Å². The van der Waals surface area contributed by atoms with Crippen LogP contribution < -0.4 is 9.47 Å². The molecule has 2 aliphatic carbocycles. The SMILES string of the molecule is C=CCOC12Oc3ccc(Oc4cccc([N+](=O)[O-])c4)cc3C3C(CCCCO)C(CCCCO)C=C(C(=NOCC)CC1N(C)C(=O)OC)C32. The van der Waals surface area contributed by atoms with Crippen molar-refractivity contribution in [2.24, 2.45) is 22.9 Å². The van der Waals surface area contributed by atoms with Crippen LogP contribution in [-0.2, 0) is 14.3 Å². The van der Waals surface area contributed by atoms with Crippen molar-refractivity contribution in [1.29, 1.82) is 0 Å². The van der Waals surface area contributed by atoms with Crippen LogP contribution in [0.4, 0.5) is 10.5 Å². The maximum absolute atomic E-state index is 13.2. The standard InChI is InChI=1S/C38H49N3O10/c1-5-20-48-38-34(40(3)37(44)47-4)24-32(39-49-6-2)30-21-25(12-7-9-18-42)29(15-8-10-19-43)35(36(30)38)31-23-28(16-17-33(31)51-38)50-27-14-11-13-26(22-27)41(45)46/h5,11,13-14,16-17,21-23,25,29,34-36,42-43H,1,6-10,12,15,18-20,24H2,2-4H3. The number of hydrogen-bond acceptors (Lipinski definition) is 11. The number of aliphatic hydroxyl groups is 2. The van der Waals surface area contributed by atoms with Crippen molar-refractivity contribution in [2.75, 3.05) is 40.6 Å². The summed E-state index contributed by atoms with van der Waals surface area (Å²) >= 11 is 0. The van der Waals surface area contributed by atoms with Crippen molar-refractivity contribution in [1.82, 2.24) is 4.90 Å². The fraction of sp³-hybridized carbons (Fsp3) is 0.526. The first kappa shape index (κ1) is 37.8. The highest BCUT2D eigenvalue weighted by atomic mass is 16.7. The fourth-order valence-corrected chi connectivity index (χ4v) is 8.00. The molecule has 51 heavy (non-hydrogen) atoms. The second-order valence-electron chi connectivity index (χ2n) is 13.1. The van der Waals surface area contributed by atoms with Gasteiger partial charge in [0.25, 0.3) is 5.69 Å². The van der Waals surface area contributed by atoms with E-state index < -0.39 is 28.8 Å². The Kier molecular flexibility index (Phi) is 12.7. The average molecular weight is 708 g/mol. The number of hydrogen-bond donors (Lipinski definition) is 2. The molecule has 1 fully saturated rings. The van der Waals surface area contributed by atoms with Gasteiger partial charge in [0, 0.05) is 44.2 Å². The van der Waals surface area contributed by atoms with Gasteiger partial charge in [-0.3, -0.25) is 10.1 Å². The number of methoxy groups -OCH3 is 1. The van der Waals surface area contributed by atoms with Gasteiger partial charge in [-0.05, 0) is 74.3 Å². The zero-order valence-corrected chi connectivity index (χ0v) is 29.6. The Morgan fingerprint density at radius 1 is 1.14 bits per heavy atom. The van der Waals surface area contributed by atoms with E-state index in [2.05, 4.69) is 17.8 Å². The van der Waals surface area contributed by atoms with Gasteiger partial charge < -0.3 is 38.9 Å². The first-order chi connectivity index (χ1) is 24.7. The first-order valence-corrected chi connectivity index (χ1v) is 17.7. The Morgan fingerprint density at radius 3 is 2.57 bits per heavy atom. The van der Waals surface area contributed by atoms with Gasteiger partial charge in [-0.15, -0.1) is 6.58 Å². The second-order valence-corrected chi connectivity index (χ2v) is 13.1. The minimum atomic E-state index is -1.39. The number of nitro groups is 1. The molecule has 2 N–H and O–H groups in total. The van der Waals surface area contributed by atoms with Crippen molar-refractivity contribution in [3.05, 3.63) is 82.4 Å². The number of ether oxygens (including phenoxy) is 4. The normalized spacial score (nSPS) is 25.5. The lowest BCUT2D eigenvalue weighted by molar-refractivity contribution is -0.384. The molecule has 3 aliphatic rings. The number of carbonyl (C=O) groups excluding carboxylic acids is 1. The Morgan fingerprint density at radius 2 is 1.88 bits per heavy atom. The van der Waals surface area contributed by atoms with Crippen LogP contribution >= 0.6 is 0 Å². The third-order valence-corrected chi connectivity index (χ3v) is 10.1. The summed E-state index contributed by atoms with van der Waals surface area (Å²) in [6, 6.07) is 10.8. The van der Waals surface area contributed by atoms with Gasteiger partial charge in [-0.2, -0.15) is 0 Å². The van der Waals surface area contributed by atoms with Crippen LogP contribution in [0.3, 0.4) is 0 Å². The molecule has 13 heteroatoms. The minimum absolute atomic E-state index is 0.0296. The maximum Gasteiger partial charge on any atom is 0.409 e. The van der Waals surface area contributed by atoms with E-state index in [1.165, 1.54) is 24.1 Å². The van der Waals surface area contributed by atoms with Crippen LogP contribution in [-0.4, -0.2) is 84.3 Å². The lowest BCUT2D eigenvalue weighted by atomic mass is 9.55. The van der Waals surface area contributed by atoms with E-state index in [4.69, 9.17) is 23.8 Å². The van der Waals surface area contributed by atoms with E-state index in [0.717, 1.165) is 36.8 Å². The molecular formula is C38H49N3O10. The summed E-state index contributed by atoms with van der Waals surface area (Å²) in [7, 11) is 2.99. The molecule has 1 amide bonds. The molecule has 6 atom stereocenters. The highest BCUT2D eigenvalue weighted by Gasteiger charge is 2.65. The molecule has 276 valence electrons. The quantitative estimate of drug-likeness (QED) is 0.0780. The molecule has 13 nitrogen and oxygen atoms in total. The second kappa shape index (κ2) is 17.2. The van der Waals surface area contributed by atoms with E-state index in [1.54, 1.807) is 31.3 Å². The number of rotatable bonds is 17. The van der Waals surface area contributed by atoms with Crippen molar-refractivity contribution >= 4 is 17.5 Å². The highest BCUT2D eigenvalue weighted by Crippen LogP contribution is 2.62. The largest absolute Gasteiger partial charge is 0.459 e. The Balaban J connectivity index is 1.74. The molecule has 6 unspecified atom stereocenters. The molecule has 1 saturated carbocycles. The number of nitro benzene ring substituents is 1. The lowest BCUT2D eigenvalue weighted by Crippen LogP contribution is -2.69. The van der Waals surface area contributed by atoms with Crippen molar-refractivity contribution in [3.63, 3.8) is 0 Å². The van der Waals surface area contributed by atoms with Crippen LogP contribution in [0.5, 0.6) is 17.2 Å². The summed E-state index contributed by atoms with van der Waals surface area (Å²) < 4.78 is 25.2. The number of allylic oxidation sites excluding steroid dienone is 1. The number of carbonyl (C=O) groups is 1. The molecule has 0 spiro atoms. The number of non-ortho nitro benzene ring substituents is 1. The summed E-state index contributed by atoms with van der Waals surface area (Å²) in [6.45, 7) is 6.42. The first-order valence-electron chi connectivity index (χ1n) is 17.7. The molecule has 0 aromatic heterocycles. The molecular weight excluding hydrogens is 658 g/mol. The van der Waals surface area contributed by atoms with E-state index in [-0.39, 0.29) is 49.7 Å². The molecule has 0 bridgehead atoms. The maximum atomic E-state index is 13.2. The van der Waals surface area contributed by atoms with Gasteiger partial charge in [0.1, 0.15) is 29.9 Å². The number of aliphatic hydroxyl groups excluding tert-OH is 2. The van der Waals surface area contributed by atoms with Crippen LogP contribution in [0.1, 0.15) is 63.4 Å². The minimum Gasteiger partial charge on any atom is -0.459 e. The number of likely N-dealkylation sites (N-methyl/N-ethyl adjacent to an activating group) is 1. The Labute approximate surface area is 298 Å². The van der Waals surface area contributed by atoms with E-state index in [1.807, 2.05) is 19.1 Å². The third kappa shape index (κ3) is 7.90. The van der Waals surface area contributed by atoms with Gasteiger partial charge in [0.05, 0.1) is 36.3 Å². The summed E-state index contributed by atoms with van der Waals surface area (Å²) in [6.07, 6.45) is 8.08. The van der Waals surface area contributed by atoms with E-state index in [9.17, 15) is 25.1 Å². The zero-order chi connectivity index (χ0) is 36.5. The smallest absolute Gasteiger partial charge is 0.409 e. The summed E-state index contributed by atoms with van der Waals surface area (Å²) in [5.74, 6) is -0.663. The predicted octanol–water partition coefficient (Wildman–Crippen LogP) is 6.74. The summed E-state index contributed by atoms with van der Waals surface area (Å²) in [4.78, 5) is 31.4. The number of unbranched alkanes of at least 4 members (excludes halogenated alkanes) is 2. The summed E-state index contributed by atoms with van der Waals surface area (Å²) in [5.41, 5.74) is 2.38. The van der Waals surface area contributed by atoms with Gasteiger partial charge in [-0.25, -0.2) is 4.79 Å². The van der Waals surface area contributed by atoms with Crippen LogP contribution in [0.15, 0.2) is 71.9 Å². The van der Waals surface area contributed by atoms with Crippen LogP contribution in [0, 0.1) is 27.9 Å². The van der Waals surface area contributed by atoms with Crippen molar-refractivity contribution < 1.29 is 43.7 Å². The van der Waals surface area contributed by atoms with E-state index in [0.29, 0.717) is 42.4 Å². The van der Waals surface area contributed by atoms with Crippen molar-refractivity contribution in [3.8, 4) is 17.2 Å². The fourth-order valence-electron chi connectivity index (χ4n) is 8.00. The van der Waals surface area contributed by atoms with E-state index >= 15 is 0 Å². The summed E-state index contributed by atoms with van der Waals surface area (Å²) in [5, 5.41) is 35.6. The Bertz CT molecular complexity index is 1610. The molecule has 5 rings (SSSR count). The molecule has 2 aromatic carbocycles. The lowest BCUT2D eigenvalue weighted by Gasteiger charge is -2.59. The number of nitrogens with zero attached hydrogens (tertiary/aromatic N) is 3. The predicted molar refractivity (Wildman–Crippen MR) is 190 cm³/mol. The molecule has 0 radical (unpaired) electrons. The van der Waals surface area contributed by atoms with Crippen LogP contribution in [0.2, 0.25) is 0 Å². The molecule has 1 heterocycles. The topological polar surface area (TPSA) is 162 Å². The van der Waals surface area contributed by atoms with Crippen LogP contribution in [0.25, 0.3) is 0 Å². The highest BCUT2D eigenvalue weighted by molar-refractivity contribution is 6.02. The number of oxime groups is 1. The van der Waals surface area contributed by atoms with Gasteiger partial charge in [-0.1, -0.05) is 36.2 Å².